The summed E-state index contributed by atoms with van der Waals surface area (Å²) in [6.45, 7) is 0.224. The van der Waals surface area contributed by atoms with Gasteiger partial charge in [0, 0.05) is 13.0 Å². The van der Waals surface area contributed by atoms with Crippen molar-refractivity contribution in [2.24, 2.45) is 0 Å². The molecule has 7 nitrogen and oxygen atoms in total. The van der Waals surface area contributed by atoms with Crippen LogP contribution in [0.1, 0.15) is 33.6 Å². The number of hydrogen-bond donors (Lipinski definition) is 0. The van der Waals surface area contributed by atoms with E-state index in [1.165, 1.54) is 17.0 Å². The Hall–Kier alpha value is -2.70. The minimum absolute atomic E-state index is 0.130. The lowest BCUT2D eigenvalue weighted by Gasteiger charge is -2.17. The van der Waals surface area contributed by atoms with Gasteiger partial charge in [0.2, 0.25) is 5.91 Å². The first-order chi connectivity index (χ1) is 10.1. The van der Waals surface area contributed by atoms with Crippen molar-refractivity contribution in [1.82, 2.24) is 9.96 Å². The highest BCUT2D eigenvalue weighted by Gasteiger charge is 2.39. The summed E-state index contributed by atoms with van der Waals surface area (Å²) in [5, 5.41) is 0.452. The lowest BCUT2D eigenvalue weighted by atomic mass is 10.1. The lowest BCUT2D eigenvalue weighted by Crippen LogP contribution is -2.38. The zero-order valence-corrected chi connectivity index (χ0v) is 11.1. The van der Waals surface area contributed by atoms with Crippen molar-refractivity contribution in [3.63, 3.8) is 0 Å². The van der Waals surface area contributed by atoms with Crippen LogP contribution in [0.15, 0.2) is 24.3 Å². The number of carbonyl (C=O) groups excluding carboxylic acids is 4. The first kappa shape index (κ1) is 13.3. The summed E-state index contributed by atoms with van der Waals surface area (Å²) in [5.41, 5.74) is 0.403. The molecule has 0 N–H and O–H groups in total. The Labute approximate surface area is 120 Å². The van der Waals surface area contributed by atoms with Crippen molar-refractivity contribution in [1.29, 1.82) is 0 Å². The molecule has 7 heteroatoms. The fourth-order valence-corrected chi connectivity index (χ4v) is 2.41. The number of imide groups is 1. The van der Waals surface area contributed by atoms with E-state index >= 15 is 0 Å². The second-order valence-electron chi connectivity index (χ2n) is 4.83. The molecule has 0 saturated carbocycles. The minimum Gasteiger partial charge on any atom is -0.331 e. The third-order valence-corrected chi connectivity index (χ3v) is 3.44. The number of amides is 3. The van der Waals surface area contributed by atoms with Crippen LogP contribution in [0.5, 0.6) is 0 Å². The second kappa shape index (κ2) is 5.01. The van der Waals surface area contributed by atoms with E-state index in [1.807, 2.05) is 0 Å². The lowest BCUT2D eigenvalue weighted by molar-refractivity contribution is -0.170. The molecule has 0 aromatic heterocycles. The van der Waals surface area contributed by atoms with Gasteiger partial charge in [0.15, 0.2) is 0 Å². The fraction of sp³-hybridized carbons (Fsp3) is 0.286. The summed E-state index contributed by atoms with van der Waals surface area (Å²) in [4.78, 5) is 53.4. The molecule has 3 amide bonds. The van der Waals surface area contributed by atoms with E-state index < -0.39 is 17.8 Å². The summed E-state index contributed by atoms with van der Waals surface area (Å²) >= 11 is 0. The number of nitrogens with zero attached hydrogens (tertiary/aromatic N) is 2. The molecule has 1 aromatic carbocycles. The van der Waals surface area contributed by atoms with E-state index in [1.54, 1.807) is 12.1 Å². The largest absolute Gasteiger partial charge is 0.352 e. The Morgan fingerprint density at radius 2 is 1.71 bits per heavy atom. The number of likely N-dealkylation sites (tertiary alicyclic amines) is 1. The molecule has 0 bridgehead atoms. The number of hydrogen-bond acceptors (Lipinski definition) is 5. The summed E-state index contributed by atoms with van der Waals surface area (Å²) in [6, 6.07) is 6.23. The Bertz CT molecular complexity index is 620. The molecule has 1 fully saturated rings. The second-order valence-corrected chi connectivity index (χ2v) is 4.83. The first-order valence-electron chi connectivity index (χ1n) is 6.54. The molecule has 1 saturated heterocycles. The standard InChI is InChI=1S/C14H12N2O5/c17-11-6-3-7-15(11)8-12(18)21-16-13(19)9-4-1-2-5-10(9)14(16)20/h1-2,4-5H,3,6-8H2. The molecule has 0 spiro atoms. The van der Waals surface area contributed by atoms with Crippen LogP contribution in [-0.2, 0) is 14.4 Å². The van der Waals surface area contributed by atoms with Gasteiger partial charge >= 0.3 is 5.97 Å². The third-order valence-electron chi connectivity index (χ3n) is 3.44. The number of fused-ring (bicyclic) bond motifs is 1. The maximum atomic E-state index is 12.0. The highest BCUT2D eigenvalue weighted by Crippen LogP contribution is 2.22. The van der Waals surface area contributed by atoms with Crippen LogP contribution in [0.3, 0.4) is 0 Å². The Balaban J connectivity index is 1.69. The molecule has 2 heterocycles. The van der Waals surface area contributed by atoms with Gasteiger partial charge in [0.25, 0.3) is 11.8 Å². The molecule has 0 atom stereocenters. The minimum atomic E-state index is -0.806. The number of hydroxylamine groups is 2. The van der Waals surface area contributed by atoms with Crippen molar-refractivity contribution in [3.05, 3.63) is 35.4 Å². The van der Waals surface area contributed by atoms with E-state index in [9.17, 15) is 19.2 Å². The van der Waals surface area contributed by atoms with Gasteiger partial charge in [-0.25, -0.2) is 4.79 Å². The SMILES string of the molecule is O=C(CN1CCCC1=O)ON1C(=O)c2ccccc2C1=O. The van der Waals surface area contributed by atoms with E-state index in [2.05, 4.69) is 0 Å². The van der Waals surface area contributed by atoms with Crippen LogP contribution in [0.4, 0.5) is 0 Å². The third kappa shape index (κ3) is 2.26. The Morgan fingerprint density at radius 3 is 2.24 bits per heavy atom. The van der Waals surface area contributed by atoms with Crippen LogP contribution in [0.25, 0.3) is 0 Å². The number of benzene rings is 1. The van der Waals surface area contributed by atoms with E-state index in [-0.39, 0.29) is 23.6 Å². The molecule has 0 radical (unpaired) electrons. The molecular weight excluding hydrogens is 276 g/mol. The van der Waals surface area contributed by atoms with Crippen molar-refractivity contribution in [2.45, 2.75) is 12.8 Å². The van der Waals surface area contributed by atoms with E-state index in [0.29, 0.717) is 24.4 Å². The predicted octanol–water partition coefficient (Wildman–Crippen LogP) is 0.363. The van der Waals surface area contributed by atoms with Crippen molar-refractivity contribution in [2.75, 3.05) is 13.1 Å². The van der Waals surface area contributed by atoms with Gasteiger partial charge in [-0.1, -0.05) is 17.2 Å². The zero-order valence-electron chi connectivity index (χ0n) is 11.1. The Morgan fingerprint density at radius 1 is 1.10 bits per heavy atom. The average Bonchev–Trinajstić information content (AvgIpc) is 2.97. The van der Waals surface area contributed by atoms with Crippen molar-refractivity contribution in [3.8, 4) is 0 Å². The average molecular weight is 288 g/mol. The quantitative estimate of drug-likeness (QED) is 0.750. The van der Waals surface area contributed by atoms with Crippen molar-refractivity contribution >= 4 is 23.7 Å². The fourth-order valence-electron chi connectivity index (χ4n) is 2.41. The number of carbonyl (C=O) groups is 4. The van der Waals surface area contributed by atoms with Gasteiger partial charge in [-0.2, -0.15) is 0 Å². The summed E-state index contributed by atoms with van der Waals surface area (Å²) in [7, 11) is 0. The molecule has 2 aliphatic heterocycles. The summed E-state index contributed by atoms with van der Waals surface area (Å²) < 4.78 is 0. The van der Waals surface area contributed by atoms with Gasteiger partial charge in [-0.15, -0.1) is 0 Å². The smallest absolute Gasteiger partial charge is 0.331 e. The normalized spacial score (nSPS) is 17.4. The molecule has 2 aliphatic rings. The molecule has 21 heavy (non-hydrogen) atoms. The molecule has 0 unspecified atom stereocenters. The Kier molecular flexibility index (Phi) is 3.17. The zero-order chi connectivity index (χ0) is 15.0. The maximum Gasteiger partial charge on any atom is 0.352 e. The summed E-state index contributed by atoms with van der Waals surface area (Å²) in [5.74, 6) is -2.28. The maximum absolute atomic E-state index is 12.0. The van der Waals surface area contributed by atoms with Crippen LogP contribution < -0.4 is 0 Å². The summed E-state index contributed by atoms with van der Waals surface area (Å²) in [6.07, 6.45) is 1.10. The van der Waals surface area contributed by atoms with Gasteiger partial charge in [-0.05, 0) is 18.6 Å². The highest BCUT2D eigenvalue weighted by atomic mass is 16.7. The molecule has 0 aliphatic carbocycles. The van der Waals surface area contributed by atoms with Crippen molar-refractivity contribution < 1.29 is 24.0 Å². The van der Waals surface area contributed by atoms with Gasteiger partial charge in [0.1, 0.15) is 6.54 Å². The predicted molar refractivity (Wildman–Crippen MR) is 68.8 cm³/mol. The topological polar surface area (TPSA) is 84.0 Å². The number of rotatable bonds is 3. The molecule has 108 valence electrons. The van der Waals surface area contributed by atoms with E-state index in [0.717, 1.165) is 0 Å². The molecular formula is C14H12N2O5. The monoisotopic (exact) mass is 288 g/mol. The highest BCUT2D eigenvalue weighted by molar-refractivity contribution is 6.20. The van der Waals surface area contributed by atoms with Crippen LogP contribution in [-0.4, -0.2) is 46.7 Å². The molecule has 3 rings (SSSR count). The van der Waals surface area contributed by atoms with Crippen LogP contribution in [0, 0.1) is 0 Å². The molecule has 1 aromatic rings. The van der Waals surface area contributed by atoms with Gasteiger partial charge in [0.05, 0.1) is 11.1 Å². The van der Waals surface area contributed by atoms with Gasteiger partial charge < -0.3 is 9.74 Å². The van der Waals surface area contributed by atoms with E-state index in [4.69, 9.17) is 4.84 Å². The van der Waals surface area contributed by atoms with Crippen LogP contribution >= 0.6 is 0 Å². The van der Waals surface area contributed by atoms with Crippen LogP contribution in [0.2, 0.25) is 0 Å². The first-order valence-corrected chi connectivity index (χ1v) is 6.54. The van der Waals surface area contributed by atoms with Gasteiger partial charge in [-0.3, -0.25) is 14.4 Å².